The third-order valence-corrected chi connectivity index (χ3v) is 1.71. The van der Waals surface area contributed by atoms with Gasteiger partial charge in [-0.1, -0.05) is 0 Å². The van der Waals surface area contributed by atoms with Gasteiger partial charge in [0.1, 0.15) is 0 Å². The van der Waals surface area contributed by atoms with Crippen LogP contribution in [0.5, 0.6) is 0 Å². The van der Waals surface area contributed by atoms with Crippen molar-refractivity contribution in [3.63, 3.8) is 0 Å². The number of amides is 2. The van der Waals surface area contributed by atoms with Gasteiger partial charge in [0.05, 0.1) is 17.6 Å². The van der Waals surface area contributed by atoms with E-state index in [1.54, 1.807) is 6.20 Å². The van der Waals surface area contributed by atoms with E-state index in [9.17, 15) is 4.79 Å². The number of aryl methyl sites for hydroxylation is 1. The number of primary amides is 1. The second-order valence-electron chi connectivity index (χ2n) is 2.66. The van der Waals surface area contributed by atoms with Crippen molar-refractivity contribution in [2.24, 2.45) is 11.5 Å². The largest absolute Gasteiger partial charge is 0.351 e. The summed E-state index contributed by atoms with van der Waals surface area (Å²) in [6, 6.07) is -0.519. The predicted molar refractivity (Wildman–Crippen MR) is 49.3 cm³/mol. The Hall–Kier alpha value is -1.56. The fraction of sp³-hybridized carbons (Fsp3) is 0.429. The SMILES string of the molecule is Cc1[nH]ncc1N(CCN)C(N)=O. The van der Waals surface area contributed by atoms with Crippen LogP contribution in [0.25, 0.3) is 0 Å². The highest BCUT2D eigenvalue weighted by Crippen LogP contribution is 2.15. The zero-order valence-corrected chi connectivity index (χ0v) is 7.45. The Labute approximate surface area is 75.9 Å². The van der Waals surface area contributed by atoms with E-state index in [1.807, 2.05) is 6.92 Å². The molecule has 0 aliphatic heterocycles. The Morgan fingerprint density at radius 3 is 2.85 bits per heavy atom. The molecule has 6 heteroatoms. The normalized spacial score (nSPS) is 10.0. The summed E-state index contributed by atoms with van der Waals surface area (Å²) in [5.74, 6) is 0. The number of hydrogen-bond acceptors (Lipinski definition) is 3. The van der Waals surface area contributed by atoms with Crippen molar-refractivity contribution in [1.29, 1.82) is 0 Å². The molecular weight excluding hydrogens is 170 g/mol. The van der Waals surface area contributed by atoms with E-state index in [0.717, 1.165) is 5.69 Å². The van der Waals surface area contributed by atoms with Gasteiger partial charge in [-0.05, 0) is 6.92 Å². The van der Waals surface area contributed by atoms with Gasteiger partial charge < -0.3 is 11.5 Å². The van der Waals surface area contributed by atoms with Gasteiger partial charge in [0, 0.05) is 13.1 Å². The molecule has 0 bridgehead atoms. The van der Waals surface area contributed by atoms with Crippen LogP contribution in [0, 0.1) is 6.92 Å². The first-order chi connectivity index (χ1) is 6.16. The van der Waals surface area contributed by atoms with E-state index in [1.165, 1.54) is 4.90 Å². The maximum Gasteiger partial charge on any atom is 0.319 e. The molecule has 0 radical (unpaired) electrons. The standard InChI is InChI=1S/C7H13N5O/c1-5-6(4-10-11-5)12(3-2-8)7(9)13/h4H,2-3,8H2,1H3,(H2,9,13)(H,10,11). The first-order valence-corrected chi connectivity index (χ1v) is 3.93. The minimum Gasteiger partial charge on any atom is -0.351 e. The molecule has 0 spiro atoms. The lowest BCUT2D eigenvalue weighted by molar-refractivity contribution is 0.254. The van der Waals surface area contributed by atoms with Gasteiger partial charge in [-0.15, -0.1) is 0 Å². The summed E-state index contributed by atoms with van der Waals surface area (Å²) in [5, 5.41) is 6.51. The molecule has 0 atom stereocenters. The van der Waals surface area contributed by atoms with Crippen LogP contribution >= 0.6 is 0 Å². The molecular formula is C7H13N5O. The second kappa shape index (κ2) is 3.90. The van der Waals surface area contributed by atoms with Gasteiger partial charge in [-0.2, -0.15) is 5.10 Å². The number of aromatic nitrogens is 2. The molecule has 1 heterocycles. The third-order valence-electron chi connectivity index (χ3n) is 1.71. The summed E-state index contributed by atoms with van der Waals surface area (Å²) >= 11 is 0. The van der Waals surface area contributed by atoms with Crippen LogP contribution in [-0.2, 0) is 0 Å². The van der Waals surface area contributed by atoms with Gasteiger partial charge in [0.25, 0.3) is 0 Å². The number of rotatable bonds is 3. The number of carbonyl (C=O) groups is 1. The predicted octanol–water partition coefficient (Wildman–Crippen LogP) is -0.438. The maximum atomic E-state index is 11.0. The number of carbonyl (C=O) groups excluding carboxylic acids is 1. The van der Waals surface area contributed by atoms with Crippen molar-refractivity contribution >= 4 is 11.7 Å². The Kier molecular flexibility index (Phi) is 2.86. The molecule has 13 heavy (non-hydrogen) atoms. The molecule has 1 rings (SSSR count). The van der Waals surface area contributed by atoms with Crippen LogP contribution in [0.4, 0.5) is 10.5 Å². The van der Waals surface area contributed by atoms with Crippen LogP contribution in [0.1, 0.15) is 5.69 Å². The van der Waals surface area contributed by atoms with Crippen molar-refractivity contribution in [3.05, 3.63) is 11.9 Å². The lowest BCUT2D eigenvalue weighted by Crippen LogP contribution is -2.39. The second-order valence-corrected chi connectivity index (χ2v) is 2.66. The molecule has 2 amide bonds. The number of aromatic amines is 1. The molecule has 0 fully saturated rings. The lowest BCUT2D eigenvalue weighted by atomic mass is 10.3. The first-order valence-electron chi connectivity index (χ1n) is 3.93. The summed E-state index contributed by atoms with van der Waals surface area (Å²) in [6.07, 6.45) is 1.55. The number of nitrogens with zero attached hydrogens (tertiary/aromatic N) is 2. The van der Waals surface area contributed by atoms with E-state index >= 15 is 0 Å². The van der Waals surface area contributed by atoms with E-state index in [0.29, 0.717) is 18.8 Å². The van der Waals surface area contributed by atoms with Crippen molar-refractivity contribution in [3.8, 4) is 0 Å². The average Bonchev–Trinajstić information content (AvgIpc) is 2.47. The van der Waals surface area contributed by atoms with Crippen molar-refractivity contribution in [2.75, 3.05) is 18.0 Å². The summed E-state index contributed by atoms with van der Waals surface area (Å²) in [5.41, 5.74) is 12.0. The zero-order valence-electron chi connectivity index (χ0n) is 7.45. The molecule has 0 saturated heterocycles. The number of nitrogens with one attached hydrogen (secondary N) is 1. The summed E-state index contributed by atoms with van der Waals surface area (Å²) in [6.45, 7) is 2.58. The smallest absolute Gasteiger partial charge is 0.319 e. The van der Waals surface area contributed by atoms with Gasteiger partial charge in [-0.3, -0.25) is 10.00 Å². The summed E-state index contributed by atoms with van der Waals surface area (Å²) in [4.78, 5) is 12.4. The Morgan fingerprint density at radius 1 is 1.77 bits per heavy atom. The van der Waals surface area contributed by atoms with Crippen LogP contribution in [0.15, 0.2) is 6.20 Å². The minimum absolute atomic E-state index is 0.369. The van der Waals surface area contributed by atoms with Crippen molar-refractivity contribution < 1.29 is 4.79 Å². The molecule has 0 unspecified atom stereocenters. The third kappa shape index (κ3) is 1.97. The number of nitrogens with two attached hydrogens (primary N) is 2. The monoisotopic (exact) mass is 183 g/mol. The highest BCUT2D eigenvalue weighted by molar-refractivity contribution is 5.91. The molecule has 0 aliphatic rings. The Morgan fingerprint density at radius 2 is 2.46 bits per heavy atom. The Balaban J connectivity index is 2.88. The lowest BCUT2D eigenvalue weighted by Gasteiger charge is -2.17. The van der Waals surface area contributed by atoms with Gasteiger partial charge in [0.2, 0.25) is 0 Å². The van der Waals surface area contributed by atoms with Gasteiger partial charge in [-0.25, -0.2) is 4.79 Å². The minimum atomic E-state index is -0.519. The number of anilines is 1. The summed E-state index contributed by atoms with van der Waals surface area (Å²) in [7, 11) is 0. The zero-order chi connectivity index (χ0) is 9.84. The highest BCUT2D eigenvalue weighted by Gasteiger charge is 2.14. The van der Waals surface area contributed by atoms with Crippen LogP contribution in [0.3, 0.4) is 0 Å². The molecule has 5 N–H and O–H groups in total. The van der Waals surface area contributed by atoms with Crippen molar-refractivity contribution in [1.82, 2.24) is 10.2 Å². The topological polar surface area (TPSA) is 101 Å². The van der Waals surface area contributed by atoms with Crippen LogP contribution < -0.4 is 16.4 Å². The number of urea groups is 1. The quantitative estimate of drug-likeness (QED) is 0.592. The fourth-order valence-electron chi connectivity index (χ4n) is 1.09. The van der Waals surface area contributed by atoms with E-state index in [2.05, 4.69) is 10.2 Å². The van der Waals surface area contributed by atoms with Crippen LogP contribution in [0.2, 0.25) is 0 Å². The summed E-state index contributed by atoms with van der Waals surface area (Å²) < 4.78 is 0. The maximum absolute atomic E-state index is 11.0. The van der Waals surface area contributed by atoms with Gasteiger partial charge >= 0.3 is 6.03 Å². The van der Waals surface area contributed by atoms with E-state index < -0.39 is 6.03 Å². The van der Waals surface area contributed by atoms with E-state index in [4.69, 9.17) is 11.5 Å². The molecule has 0 aromatic carbocycles. The first kappa shape index (κ1) is 9.53. The van der Waals surface area contributed by atoms with Gasteiger partial charge in [0.15, 0.2) is 0 Å². The average molecular weight is 183 g/mol. The number of hydrogen-bond donors (Lipinski definition) is 3. The Bertz CT molecular complexity index is 295. The highest BCUT2D eigenvalue weighted by atomic mass is 16.2. The molecule has 6 nitrogen and oxygen atoms in total. The van der Waals surface area contributed by atoms with E-state index in [-0.39, 0.29) is 0 Å². The molecule has 1 aromatic rings. The fourth-order valence-corrected chi connectivity index (χ4v) is 1.09. The molecule has 1 aromatic heterocycles. The van der Waals surface area contributed by atoms with Crippen LogP contribution in [-0.4, -0.2) is 29.3 Å². The molecule has 72 valence electrons. The number of H-pyrrole nitrogens is 1. The van der Waals surface area contributed by atoms with Crippen molar-refractivity contribution in [2.45, 2.75) is 6.92 Å². The molecule has 0 aliphatic carbocycles. The molecule has 0 saturated carbocycles.